The molecule has 0 bridgehead atoms. The van der Waals surface area contributed by atoms with E-state index in [2.05, 4.69) is 0 Å². The highest BCUT2D eigenvalue weighted by molar-refractivity contribution is 7.84. The molecule has 1 heterocycles. The smallest absolute Gasteiger partial charge is 0.185 e. The lowest BCUT2D eigenvalue weighted by molar-refractivity contribution is 0.109. The van der Waals surface area contributed by atoms with Crippen LogP contribution in [0.3, 0.4) is 0 Å². The molecule has 1 rings (SSSR count). The molecule has 0 amide bonds. The molecule has 1 aromatic heterocycles. The van der Waals surface area contributed by atoms with Gasteiger partial charge in [-0.15, -0.1) is 0 Å². The molecule has 0 aliphatic carbocycles. The largest absolute Gasteiger partial charge is 0.457 e. The molecule has 1 atom stereocenters. The Labute approximate surface area is 86.0 Å². The normalized spacial score (nSPS) is 13.1. The Hall–Kier alpha value is -0.900. The summed E-state index contributed by atoms with van der Waals surface area (Å²) in [5.74, 6) is 2.38. The van der Waals surface area contributed by atoms with Gasteiger partial charge in [0.1, 0.15) is 5.76 Å². The Kier molecular flexibility index (Phi) is 4.07. The second-order valence-electron chi connectivity index (χ2n) is 3.57. The Morgan fingerprint density at radius 2 is 2.21 bits per heavy atom. The fourth-order valence-corrected chi connectivity index (χ4v) is 2.46. The molecule has 3 nitrogen and oxygen atoms in total. The maximum Gasteiger partial charge on any atom is 0.185 e. The summed E-state index contributed by atoms with van der Waals surface area (Å²) in [7, 11) is -0.899. The molecular weight excluding hydrogens is 200 g/mol. The molecule has 0 aliphatic rings. The zero-order chi connectivity index (χ0) is 10.6. The minimum Gasteiger partial charge on any atom is -0.457 e. The van der Waals surface area contributed by atoms with Crippen LogP contribution in [0.2, 0.25) is 0 Å². The zero-order valence-corrected chi connectivity index (χ0v) is 9.17. The van der Waals surface area contributed by atoms with E-state index in [1.807, 2.05) is 13.8 Å². The van der Waals surface area contributed by atoms with Gasteiger partial charge in [0.05, 0.1) is 5.75 Å². The summed E-state index contributed by atoms with van der Waals surface area (Å²) in [6.45, 7) is 4.05. The number of hydrogen-bond acceptors (Lipinski definition) is 3. The molecule has 0 saturated heterocycles. The Balaban J connectivity index is 2.51. The maximum atomic E-state index is 11.5. The van der Waals surface area contributed by atoms with Crippen LogP contribution in [0, 0.1) is 5.92 Å². The van der Waals surface area contributed by atoms with E-state index >= 15 is 0 Å². The van der Waals surface area contributed by atoms with Gasteiger partial charge in [-0.2, -0.15) is 0 Å². The van der Waals surface area contributed by atoms with E-state index in [1.165, 1.54) is 0 Å². The van der Waals surface area contributed by atoms with Crippen molar-refractivity contribution in [1.29, 1.82) is 0 Å². The van der Waals surface area contributed by atoms with Gasteiger partial charge in [-0.1, -0.05) is 13.8 Å². The van der Waals surface area contributed by atoms with E-state index in [-0.39, 0.29) is 0 Å². The summed E-state index contributed by atoms with van der Waals surface area (Å²) < 4.78 is 16.6. The number of hydrogen-bond donors (Lipinski definition) is 0. The van der Waals surface area contributed by atoms with Crippen LogP contribution in [-0.2, 0) is 16.6 Å². The van der Waals surface area contributed by atoms with Crippen molar-refractivity contribution in [1.82, 2.24) is 0 Å². The summed E-state index contributed by atoms with van der Waals surface area (Å²) in [6, 6.07) is 3.29. The highest BCUT2D eigenvalue weighted by atomic mass is 32.2. The van der Waals surface area contributed by atoms with Crippen molar-refractivity contribution in [3.05, 3.63) is 23.7 Å². The third-order valence-electron chi connectivity index (χ3n) is 1.62. The minimum atomic E-state index is -0.899. The molecule has 0 fully saturated rings. The summed E-state index contributed by atoms with van der Waals surface area (Å²) in [4.78, 5) is 10.3. The first kappa shape index (κ1) is 11.2. The topological polar surface area (TPSA) is 47.3 Å². The number of carbonyl (C=O) groups is 1. The lowest BCUT2D eigenvalue weighted by atomic mass is 10.3. The summed E-state index contributed by atoms with van der Waals surface area (Å²) in [6.07, 6.45) is 0.648. The molecule has 1 unspecified atom stereocenters. The second-order valence-corrected chi connectivity index (χ2v) is 5.07. The fourth-order valence-electron chi connectivity index (χ4n) is 1.12. The van der Waals surface area contributed by atoms with Crippen LogP contribution < -0.4 is 0 Å². The highest BCUT2D eigenvalue weighted by Crippen LogP contribution is 2.09. The van der Waals surface area contributed by atoms with Crippen LogP contribution in [0.4, 0.5) is 0 Å². The van der Waals surface area contributed by atoms with Gasteiger partial charge in [0.25, 0.3) is 0 Å². The standard InChI is InChI=1S/C10H14O3S/c1-8(2)6-14(12)7-10-4-3-9(5-11)13-10/h3-5,8H,6-7H2,1-2H3. The third-order valence-corrected chi connectivity index (χ3v) is 3.27. The zero-order valence-electron chi connectivity index (χ0n) is 8.36. The predicted molar refractivity (Wildman–Crippen MR) is 55.6 cm³/mol. The number of carbonyl (C=O) groups excluding carboxylic acids is 1. The van der Waals surface area contributed by atoms with Crippen molar-refractivity contribution in [3.8, 4) is 0 Å². The Morgan fingerprint density at radius 1 is 1.50 bits per heavy atom. The van der Waals surface area contributed by atoms with Crippen LogP contribution >= 0.6 is 0 Å². The van der Waals surface area contributed by atoms with Crippen LogP contribution in [-0.4, -0.2) is 16.2 Å². The van der Waals surface area contributed by atoms with E-state index in [0.717, 1.165) is 0 Å². The van der Waals surface area contributed by atoms with Gasteiger partial charge in [-0.25, -0.2) is 0 Å². The molecule has 0 N–H and O–H groups in total. The van der Waals surface area contributed by atoms with Gasteiger partial charge < -0.3 is 4.42 Å². The fraction of sp³-hybridized carbons (Fsp3) is 0.500. The molecule has 14 heavy (non-hydrogen) atoms. The molecule has 4 heteroatoms. The van der Waals surface area contributed by atoms with Crippen LogP contribution in [0.25, 0.3) is 0 Å². The molecule has 0 aromatic carbocycles. The molecule has 1 aromatic rings. The van der Waals surface area contributed by atoms with Crippen molar-refractivity contribution in [2.45, 2.75) is 19.6 Å². The highest BCUT2D eigenvalue weighted by Gasteiger charge is 2.07. The maximum absolute atomic E-state index is 11.5. The lowest BCUT2D eigenvalue weighted by Crippen LogP contribution is -2.06. The Bertz CT molecular complexity index is 328. The number of aldehydes is 1. The second kappa shape index (κ2) is 5.10. The average Bonchev–Trinajstić information content (AvgIpc) is 2.50. The van der Waals surface area contributed by atoms with Gasteiger partial charge in [0.2, 0.25) is 0 Å². The molecular formula is C10H14O3S. The SMILES string of the molecule is CC(C)CS(=O)Cc1ccc(C=O)o1. The van der Waals surface area contributed by atoms with E-state index in [1.54, 1.807) is 12.1 Å². The molecule has 0 spiro atoms. The average molecular weight is 214 g/mol. The van der Waals surface area contributed by atoms with Crippen molar-refractivity contribution in [2.75, 3.05) is 5.75 Å². The summed E-state index contributed by atoms with van der Waals surface area (Å²) >= 11 is 0. The molecule has 78 valence electrons. The van der Waals surface area contributed by atoms with E-state index in [4.69, 9.17) is 4.42 Å². The van der Waals surface area contributed by atoms with Gasteiger partial charge in [0.15, 0.2) is 12.0 Å². The summed E-state index contributed by atoms with van der Waals surface area (Å²) in [5, 5.41) is 0. The molecule has 0 radical (unpaired) electrons. The van der Waals surface area contributed by atoms with E-state index in [0.29, 0.717) is 35.2 Å². The Morgan fingerprint density at radius 3 is 2.71 bits per heavy atom. The minimum absolute atomic E-state index is 0.293. The summed E-state index contributed by atoms with van der Waals surface area (Å²) in [5.41, 5.74) is 0. The van der Waals surface area contributed by atoms with Crippen molar-refractivity contribution in [3.63, 3.8) is 0 Å². The van der Waals surface area contributed by atoms with Crippen molar-refractivity contribution in [2.24, 2.45) is 5.92 Å². The van der Waals surface area contributed by atoms with Crippen molar-refractivity contribution >= 4 is 17.1 Å². The monoisotopic (exact) mass is 214 g/mol. The van der Waals surface area contributed by atoms with Gasteiger partial charge in [-0.05, 0) is 18.1 Å². The van der Waals surface area contributed by atoms with E-state index in [9.17, 15) is 9.00 Å². The first-order valence-corrected chi connectivity index (χ1v) is 5.99. The third kappa shape index (κ3) is 3.46. The van der Waals surface area contributed by atoms with Gasteiger partial charge in [-0.3, -0.25) is 9.00 Å². The first-order chi connectivity index (χ1) is 6.61. The van der Waals surface area contributed by atoms with Crippen LogP contribution in [0.15, 0.2) is 16.5 Å². The van der Waals surface area contributed by atoms with Crippen LogP contribution in [0.5, 0.6) is 0 Å². The molecule has 0 saturated carbocycles. The van der Waals surface area contributed by atoms with Crippen LogP contribution in [0.1, 0.15) is 30.2 Å². The quantitative estimate of drug-likeness (QED) is 0.704. The van der Waals surface area contributed by atoms with Gasteiger partial charge >= 0.3 is 0 Å². The lowest BCUT2D eigenvalue weighted by Gasteiger charge is -2.02. The number of rotatable bonds is 5. The predicted octanol–water partition coefficient (Wildman–Crippen LogP) is 2.00. The van der Waals surface area contributed by atoms with Crippen molar-refractivity contribution < 1.29 is 13.4 Å². The number of furan rings is 1. The molecule has 0 aliphatic heterocycles. The first-order valence-electron chi connectivity index (χ1n) is 4.50. The van der Waals surface area contributed by atoms with Gasteiger partial charge in [0, 0.05) is 16.6 Å². The van der Waals surface area contributed by atoms with E-state index < -0.39 is 10.8 Å².